The van der Waals surface area contributed by atoms with Crippen molar-refractivity contribution in [2.45, 2.75) is 12.3 Å². The van der Waals surface area contributed by atoms with Gasteiger partial charge in [0.25, 0.3) is 0 Å². The molecule has 0 unspecified atom stereocenters. The molecule has 2 aromatic carbocycles. The van der Waals surface area contributed by atoms with Gasteiger partial charge in [0.2, 0.25) is 0 Å². The maximum atomic E-state index is 12.7. The fourth-order valence-electron chi connectivity index (χ4n) is 4.20. The maximum Gasteiger partial charge on any atom is 0.409 e. The Labute approximate surface area is 161 Å². The zero-order valence-electron chi connectivity index (χ0n) is 15.6. The smallest absolute Gasteiger partial charge is 0.409 e. The van der Waals surface area contributed by atoms with E-state index in [1.165, 1.54) is 22.3 Å². The number of carbonyl (C=O) groups excluding carboxylic acids is 1. The molecule has 1 heterocycles. The van der Waals surface area contributed by atoms with Gasteiger partial charge in [-0.1, -0.05) is 54.6 Å². The molecule has 0 radical (unpaired) electrons. The second-order valence-corrected chi connectivity index (χ2v) is 7.23. The molecule has 140 valence electrons. The molecule has 4 rings (SSSR count). The summed E-state index contributed by atoms with van der Waals surface area (Å²) in [5, 5.41) is 0. The summed E-state index contributed by atoms with van der Waals surface area (Å²) in [6.07, 6.45) is 2.69. The van der Waals surface area contributed by atoms with Gasteiger partial charge < -0.3 is 9.64 Å². The third-order valence-electron chi connectivity index (χ3n) is 5.57. The van der Waals surface area contributed by atoms with E-state index in [0.717, 1.165) is 32.6 Å². The van der Waals surface area contributed by atoms with Crippen LogP contribution in [-0.2, 0) is 4.74 Å². The summed E-state index contributed by atoms with van der Waals surface area (Å²) in [7, 11) is 0. The van der Waals surface area contributed by atoms with Gasteiger partial charge in [-0.2, -0.15) is 0 Å². The van der Waals surface area contributed by atoms with E-state index in [1.54, 1.807) is 0 Å². The van der Waals surface area contributed by atoms with Gasteiger partial charge >= 0.3 is 6.09 Å². The third-order valence-corrected chi connectivity index (χ3v) is 5.57. The van der Waals surface area contributed by atoms with E-state index >= 15 is 0 Å². The highest BCUT2D eigenvalue weighted by molar-refractivity contribution is 5.79. The Morgan fingerprint density at radius 1 is 1.00 bits per heavy atom. The number of rotatable bonds is 4. The predicted octanol–water partition coefficient (Wildman–Crippen LogP) is 4.13. The molecule has 1 saturated heterocycles. The van der Waals surface area contributed by atoms with Crippen molar-refractivity contribution in [1.82, 2.24) is 9.80 Å². The standard InChI is InChI=1S/C23H26N2O2/c1-2-12-24-13-7-14-25(16-15-24)23(26)27-17-22-20-10-5-3-8-18(20)19-9-4-6-11-21(19)22/h2-6,8-11,22H,1,7,12-17H2. The zero-order valence-corrected chi connectivity index (χ0v) is 15.6. The third kappa shape index (κ3) is 3.62. The minimum absolute atomic E-state index is 0.116. The Kier molecular flexibility index (Phi) is 5.26. The summed E-state index contributed by atoms with van der Waals surface area (Å²) in [6.45, 7) is 8.40. The van der Waals surface area contributed by atoms with E-state index < -0.39 is 0 Å². The summed E-state index contributed by atoms with van der Waals surface area (Å²) in [5.41, 5.74) is 5.01. The lowest BCUT2D eigenvalue weighted by atomic mass is 9.98. The number of amides is 1. The van der Waals surface area contributed by atoms with Gasteiger partial charge in [-0.3, -0.25) is 4.90 Å². The van der Waals surface area contributed by atoms with Crippen molar-refractivity contribution in [1.29, 1.82) is 0 Å². The molecule has 27 heavy (non-hydrogen) atoms. The van der Waals surface area contributed by atoms with E-state index in [0.29, 0.717) is 13.2 Å². The molecule has 4 nitrogen and oxygen atoms in total. The second kappa shape index (κ2) is 7.97. The van der Waals surface area contributed by atoms with Crippen LogP contribution in [0.4, 0.5) is 4.79 Å². The fraction of sp³-hybridized carbons (Fsp3) is 0.348. The Bertz CT molecular complexity index is 787. The van der Waals surface area contributed by atoms with Crippen molar-refractivity contribution in [2.24, 2.45) is 0 Å². The topological polar surface area (TPSA) is 32.8 Å². The molecule has 4 heteroatoms. The maximum absolute atomic E-state index is 12.7. The molecule has 1 fully saturated rings. The number of hydrogen-bond acceptors (Lipinski definition) is 3. The van der Waals surface area contributed by atoms with E-state index in [2.05, 4.69) is 60.0 Å². The van der Waals surface area contributed by atoms with Crippen molar-refractivity contribution in [3.63, 3.8) is 0 Å². The monoisotopic (exact) mass is 362 g/mol. The van der Waals surface area contributed by atoms with E-state index in [-0.39, 0.29) is 12.0 Å². The van der Waals surface area contributed by atoms with Crippen molar-refractivity contribution in [3.8, 4) is 11.1 Å². The number of fused-ring (bicyclic) bond motifs is 3. The van der Waals surface area contributed by atoms with Crippen LogP contribution in [0.2, 0.25) is 0 Å². The summed E-state index contributed by atoms with van der Waals surface area (Å²) in [4.78, 5) is 16.8. The summed E-state index contributed by atoms with van der Waals surface area (Å²) >= 11 is 0. The first-order valence-corrected chi connectivity index (χ1v) is 9.71. The lowest BCUT2D eigenvalue weighted by Crippen LogP contribution is -2.36. The lowest BCUT2D eigenvalue weighted by molar-refractivity contribution is 0.101. The molecule has 2 aliphatic rings. The quantitative estimate of drug-likeness (QED) is 0.767. The molecule has 0 atom stereocenters. The Morgan fingerprint density at radius 2 is 1.67 bits per heavy atom. The minimum Gasteiger partial charge on any atom is -0.448 e. The molecule has 0 saturated carbocycles. The summed E-state index contributed by atoms with van der Waals surface area (Å²) in [5.74, 6) is 0.116. The predicted molar refractivity (Wildman–Crippen MR) is 108 cm³/mol. The molecular weight excluding hydrogens is 336 g/mol. The Hall–Kier alpha value is -2.59. The first-order chi connectivity index (χ1) is 13.3. The van der Waals surface area contributed by atoms with Crippen LogP contribution in [0.3, 0.4) is 0 Å². The van der Waals surface area contributed by atoms with Gasteiger partial charge in [-0.25, -0.2) is 4.79 Å². The minimum atomic E-state index is -0.197. The number of carbonyl (C=O) groups is 1. The van der Waals surface area contributed by atoms with Crippen LogP contribution in [0.5, 0.6) is 0 Å². The molecule has 0 N–H and O–H groups in total. The molecule has 0 aromatic heterocycles. The number of hydrogen-bond donors (Lipinski definition) is 0. The van der Waals surface area contributed by atoms with Crippen LogP contribution >= 0.6 is 0 Å². The van der Waals surface area contributed by atoms with Crippen LogP contribution in [0.25, 0.3) is 11.1 Å². The van der Waals surface area contributed by atoms with Gasteiger partial charge in [0.05, 0.1) is 0 Å². The highest BCUT2D eigenvalue weighted by Crippen LogP contribution is 2.44. The average molecular weight is 362 g/mol. The van der Waals surface area contributed by atoms with Crippen LogP contribution in [-0.4, -0.2) is 55.2 Å². The largest absolute Gasteiger partial charge is 0.448 e. The first kappa shape index (κ1) is 17.8. The van der Waals surface area contributed by atoms with E-state index in [9.17, 15) is 4.79 Å². The Morgan fingerprint density at radius 3 is 2.33 bits per heavy atom. The van der Waals surface area contributed by atoms with E-state index in [4.69, 9.17) is 4.74 Å². The molecule has 1 amide bonds. The summed E-state index contributed by atoms with van der Waals surface area (Å²) < 4.78 is 5.78. The SMILES string of the molecule is C=CCN1CCCN(C(=O)OCC2c3ccccc3-c3ccccc32)CC1. The zero-order chi connectivity index (χ0) is 18.6. The van der Waals surface area contributed by atoms with Gasteiger partial charge in [0, 0.05) is 38.6 Å². The van der Waals surface area contributed by atoms with Gasteiger partial charge in [-0.15, -0.1) is 6.58 Å². The fourth-order valence-corrected chi connectivity index (χ4v) is 4.20. The molecule has 0 bridgehead atoms. The summed E-state index contributed by atoms with van der Waals surface area (Å²) in [6, 6.07) is 16.8. The van der Waals surface area contributed by atoms with Crippen molar-refractivity contribution >= 4 is 6.09 Å². The normalized spacial score (nSPS) is 17.1. The average Bonchev–Trinajstić information content (AvgIpc) is 2.84. The van der Waals surface area contributed by atoms with Gasteiger partial charge in [-0.05, 0) is 28.7 Å². The van der Waals surface area contributed by atoms with Crippen LogP contribution < -0.4 is 0 Å². The highest BCUT2D eigenvalue weighted by Gasteiger charge is 2.30. The molecule has 1 aliphatic carbocycles. The van der Waals surface area contributed by atoms with Crippen molar-refractivity contribution in [2.75, 3.05) is 39.3 Å². The first-order valence-electron chi connectivity index (χ1n) is 9.71. The second-order valence-electron chi connectivity index (χ2n) is 7.23. The lowest BCUT2D eigenvalue weighted by Gasteiger charge is -2.22. The number of nitrogens with zero attached hydrogens (tertiary/aromatic N) is 2. The van der Waals surface area contributed by atoms with Gasteiger partial charge in [0.15, 0.2) is 0 Å². The highest BCUT2D eigenvalue weighted by atomic mass is 16.6. The van der Waals surface area contributed by atoms with Crippen LogP contribution in [0.1, 0.15) is 23.5 Å². The van der Waals surface area contributed by atoms with Gasteiger partial charge in [0.1, 0.15) is 6.61 Å². The van der Waals surface area contributed by atoms with E-state index in [1.807, 2.05) is 11.0 Å². The molecule has 1 aliphatic heterocycles. The molecular formula is C23H26N2O2. The number of benzene rings is 2. The van der Waals surface area contributed by atoms with Crippen LogP contribution in [0.15, 0.2) is 61.2 Å². The Balaban J connectivity index is 1.43. The van der Waals surface area contributed by atoms with Crippen LogP contribution in [0, 0.1) is 0 Å². The van der Waals surface area contributed by atoms with Crippen molar-refractivity contribution in [3.05, 3.63) is 72.3 Å². The number of ether oxygens (including phenoxy) is 1. The van der Waals surface area contributed by atoms with Crippen molar-refractivity contribution < 1.29 is 9.53 Å². The molecule has 0 spiro atoms. The molecule has 2 aromatic rings.